The number of pyridine rings is 2. The first-order chi connectivity index (χ1) is 10.3. The minimum Gasteiger partial charge on any atom is -0.350 e. The Kier molecular flexibility index (Phi) is 4.11. The highest BCUT2D eigenvalue weighted by Crippen LogP contribution is 2.13. The van der Waals surface area contributed by atoms with E-state index in [2.05, 4.69) is 20.4 Å². The number of carbonyl (C=O) groups is 1. The second-order valence-electron chi connectivity index (χ2n) is 4.28. The number of amides is 1. The molecule has 3 aromatic heterocycles. The Morgan fingerprint density at radius 1 is 1.19 bits per heavy atom. The van der Waals surface area contributed by atoms with Gasteiger partial charge in [-0.15, -0.1) is 0 Å². The van der Waals surface area contributed by atoms with E-state index in [9.17, 15) is 4.79 Å². The number of nitrogens with one attached hydrogen (secondary N) is 1. The fraction of sp³-hybridized carbons (Fsp3) is 0.143. The Morgan fingerprint density at radius 2 is 2.14 bits per heavy atom. The average Bonchev–Trinajstić information content (AvgIpc) is 3.01. The first-order valence-corrected chi connectivity index (χ1v) is 7.39. The summed E-state index contributed by atoms with van der Waals surface area (Å²) in [7, 11) is 0. The van der Waals surface area contributed by atoms with Gasteiger partial charge in [0.15, 0.2) is 5.65 Å². The van der Waals surface area contributed by atoms with Crippen molar-refractivity contribution < 1.29 is 4.79 Å². The van der Waals surface area contributed by atoms with Gasteiger partial charge < -0.3 is 5.32 Å². The van der Waals surface area contributed by atoms with Crippen molar-refractivity contribution in [2.24, 2.45) is 0 Å². The molecule has 0 spiro atoms. The summed E-state index contributed by atoms with van der Waals surface area (Å²) in [4.78, 5) is 20.1. The third-order valence-electron chi connectivity index (χ3n) is 2.84. The standard InChI is InChI=1S/C14H13N5OS/c20-13(9-21-14-6-1-2-7-15-14)16-8-11-4-3-5-12-17-10-18-19(11)12/h1-7,10H,8-9H2,(H,16,20). The van der Waals surface area contributed by atoms with E-state index >= 15 is 0 Å². The van der Waals surface area contributed by atoms with Crippen molar-refractivity contribution in [2.45, 2.75) is 11.6 Å². The predicted octanol–water partition coefficient (Wildman–Crippen LogP) is 1.53. The van der Waals surface area contributed by atoms with Gasteiger partial charge in [0, 0.05) is 6.20 Å². The number of hydrogen-bond acceptors (Lipinski definition) is 5. The van der Waals surface area contributed by atoms with Gasteiger partial charge in [0.05, 0.1) is 23.0 Å². The van der Waals surface area contributed by atoms with Crippen LogP contribution in [-0.4, -0.2) is 31.2 Å². The van der Waals surface area contributed by atoms with Crippen molar-refractivity contribution in [1.29, 1.82) is 0 Å². The van der Waals surface area contributed by atoms with Crippen molar-refractivity contribution in [1.82, 2.24) is 24.9 Å². The first-order valence-electron chi connectivity index (χ1n) is 6.41. The summed E-state index contributed by atoms with van der Waals surface area (Å²) in [5.74, 6) is 0.299. The molecule has 1 N–H and O–H groups in total. The maximum absolute atomic E-state index is 11.9. The lowest BCUT2D eigenvalue weighted by atomic mass is 10.3. The Balaban J connectivity index is 1.55. The molecule has 106 valence electrons. The number of rotatable bonds is 5. The number of aromatic nitrogens is 4. The molecule has 3 aromatic rings. The van der Waals surface area contributed by atoms with Crippen LogP contribution < -0.4 is 5.32 Å². The van der Waals surface area contributed by atoms with E-state index in [4.69, 9.17) is 0 Å². The molecule has 6 nitrogen and oxygen atoms in total. The number of fused-ring (bicyclic) bond motifs is 1. The molecule has 0 aliphatic heterocycles. The van der Waals surface area contributed by atoms with Gasteiger partial charge in [-0.3, -0.25) is 4.79 Å². The summed E-state index contributed by atoms with van der Waals surface area (Å²) in [6.07, 6.45) is 3.21. The number of carbonyl (C=O) groups excluding carboxylic acids is 1. The largest absolute Gasteiger partial charge is 0.350 e. The van der Waals surface area contributed by atoms with Crippen LogP contribution in [0.25, 0.3) is 5.65 Å². The highest BCUT2D eigenvalue weighted by molar-refractivity contribution is 7.99. The molecule has 0 aliphatic carbocycles. The molecule has 0 unspecified atom stereocenters. The van der Waals surface area contributed by atoms with Gasteiger partial charge in [-0.05, 0) is 24.3 Å². The third kappa shape index (κ3) is 3.38. The van der Waals surface area contributed by atoms with Gasteiger partial charge in [0.25, 0.3) is 0 Å². The molecule has 0 saturated heterocycles. The van der Waals surface area contributed by atoms with Crippen molar-refractivity contribution >= 4 is 23.3 Å². The SMILES string of the molecule is O=C(CSc1ccccn1)NCc1cccc2ncnn12. The van der Waals surface area contributed by atoms with Crippen LogP contribution in [0, 0.1) is 0 Å². The smallest absolute Gasteiger partial charge is 0.230 e. The molecule has 3 heterocycles. The summed E-state index contributed by atoms with van der Waals surface area (Å²) in [6.45, 7) is 0.419. The van der Waals surface area contributed by atoms with Gasteiger partial charge in [0.2, 0.25) is 5.91 Å². The van der Waals surface area contributed by atoms with Crippen LogP contribution in [0.15, 0.2) is 53.9 Å². The third-order valence-corrected chi connectivity index (χ3v) is 3.78. The Hall–Kier alpha value is -2.41. The minimum absolute atomic E-state index is 0.0391. The van der Waals surface area contributed by atoms with E-state index in [0.717, 1.165) is 16.4 Å². The highest BCUT2D eigenvalue weighted by atomic mass is 32.2. The normalized spacial score (nSPS) is 10.7. The van der Waals surface area contributed by atoms with Crippen LogP contribution in [0.5, 0.6) is 0 Å². The summed E-state index contributed by atoms with van der Waals surface area (Å²) >= 11 is 1.41. The van der Waals surface area contributed by atoms with Crippen LogP contribution in [0.1, 0.15) is 5.69 Å². The maximum Gasteiger partial charge on any atom is 0.230 e. The fourth-order valence-electron chi connectivity index (χ4n) is 1.85. The lowest BCUT2D eigenvalue weighted by Crippen LogP contribution is -2.25. The molecule has 7 heteroatoms. The monoisotopic (exact) mass is 299 g/mol. The van der Waals surface area contributed by atoms with Gasteiger partial charge in [-0.1, -0.05) is 23.9 Å². The zero-order chi connectivity index (χ0) is 14.5. The van der Waals surface area contributed by atoms with Crippen LogP contribution in [-0.2, 0) is 11.3 Å². The number of nitrogens with zero attached hydrogens (tertiary/aromatic N) is 4. The first kappa shape index (κ1) is 13.6. The Bertz CT molecular complexity index is 743. The molecule has 0 aliphatic rings. The van der Waals surface area contributed by atoms with Crippen molar-refractivity contribution in [3.05, 3.63) is 54.6 Å². The van der Waals surface area contributed by atoms with Crippen LogP contribution >= 0.6 is 11.8 Å². The summed E-state index contributed by atoms with van der Waals surface area (Å²) in [5, 5.41) is 7.84. The fourth-order valence-corrected chi connectivity index (χ4v) is 2.54. The van der Waals surface area contributed by atoms with Crippen molar-refractivity contribution in [3.8, 4) is 0 Å². The molecule has 3 rings (SSSR count). The lowest BCUT2D eigenvalue weighted by Gasteiger charge is -2.06. The van der Waals surface area contributed by atoms with Crippen molar-refractivity contribution in [2.75, 3.05) is 5.75 Å². The molecular weight excluding hydrogens is 286 g/mol. The van der Waals surface area contributed by atoms with E-state index in [-0.39, 0.29) is 5.91 Å². The zero-order valence-corrected chi connectivity index (χ0v) is 12.0. The second kappa shape index (κ2) is 6.36. The molecule has 0 atom stereocenters. The molecule has 1 amide bonds. The summed E-state index contributed by atoms with van der Waals surface area (Å²) < 4.78 is 1.71. The van der Waals surface area contributed by atoms with E-state index in [0.29, 0.717) is 12.3 Å². The van der Waals surface area contributed by atoms with Crippen molar-refractivity contribution in [3.63, 3.8) is 0 Å². The van der Waals surface area contributed by atoms with Gasteiger partial charge >= 0.3 is 0 Å². The van der Waals surface area contributed by atoms with E-state index in [1.165, 1.54) is 18.1 Å². The summed E-state index contributed by atoms with van der Waals surface area (Å²) in [5.41, 5.74) is 1.66. The summed E-state index contributed by atoms with van der Waals surface area (Å²) in [6, 6.07) is 11.3. The molecule has 0 fully saturated rings. The van der Waals surface area contributed by atoms with E-state index in [1.807, 2.05) is 36.4 Å². The molecule has 0 radical (unpaired) electrons. The van der Waals surface area contributed by atoms with E-state index < -0.39 is 0 Å². The van der Waals surface area contributed by atoms with Crippen LogP contribution in [0.2, 0.25) is 0 Å². The van der Waals surface area contributed by atoms with Crippen LogP contribution in [0.3, 0.4) is 0 Å². The Morgan fingerprint density at radius 3 is 3.00 bits per heavy atom. The maximum atomic E-state index is 11.9. The van der Waals surface area contributed by atoms with Gasteiger partial charge in [-0.25, -0.2) is 14.5 Å². The topological polar surface area (TPSA) is 72.2 Å². The molecule has 0 saturated carbocycles. The molecule has 0 bridgehead atoms. The second-order valence-corrected chi connectivity index (χ2v) is 5.28. The quantitative estimate of drug-likeness (QED) is 0.723. The lowest BCUT2D eigenvalue weighted by molar-refractivity contribution is -0.118. The minimum atomic E-state index is -0.0391. The molecule has 21 heavy (non-hydrogen) atoms. The van der Waals surface area contributed by atoms with Gasteiger partial charge in [-0.2, -0.15) is 5.10 Å². The molecular formula is C14H13N5OS. The average molecular weight is 299 g/mol. The van der Waals surface area contributed by atoms with Crippen LogP contribution in [0.4, 0.5) is 0 Å². The highest BCUT2D eigenvalue weighted by Gasteiger charge is 2.06. The number of thioether (sulfide) groups is 1. The number of hydrogen-bond donors (Lipinski definition) is 1. The van der Waals surface area contributed by atoms with E-state index in [1.54, 1.807) is 10.7 Å². The Labute approximate surface area is 125 Å². The zero-order valence-electron chi connectivity index (χ0n) is 11.1. The van der Waals surface area contributed by atoms with Gasteiger partial charge in [0.1, 0.15) is 6.33 Å². The predicted molar refractivity (Wildman–Crippen MR) is 79.8 cm³/mol. The molecule has 0 aromatic carbocycles.